The standard InChI is InChI=1S/C19H13ClO2/c20-16-10-11-18-17(12-16)19(21)15(13-22-18)9-5-4-8-14-6-2-1-3-7-14/h1-13H/b8-4+,9-5+. The van der Waals surface area contributed by atoms with Gasteiger partial charge in [0, 0.05) is 5.02 Å². The number of allylic oxidation sites excluding steroid dienone is 2. The summed E-state index contributed by atoms with van der Waals surface area (Å²) in [5.41, 5.74) is 2.04. The summed E-state index contributed by atoms with van der Waals surface area (Å²) in [7, 11) is 0. The van der Waals surface area contributed by atoms with Crippen LogP contribution >= 0.6 is 11.6 Å². The molecule has 22 heavy (non-hydrogen) atoms. The molecular weight excluding hydrogens is 296 g/mol. The van der Waals surface area contributed by atoms with Crippen LogP contribution in [-0.2, 0) is 0 Å². The summed E-state index contributed by atoms with van der Waals surface area (Å²) in [4.78, 5) is 12.4. The van der Waals surface area contributed by atoms with Gasteiger partial charge in [0.25, 0.3) is 0 Å². The molecule has 0 aliphatic heterocycles. The van der Waals surface area contributed by atoms with Crippen LogP contribution < -0.4 is 5.43 Å². The molecule has 0 fully saturated rings. The quantitative estimate of drug-likeness (QED) is 0.625. The van der Waals surface area contributed by atoms with Gasteiger partial charge in [-0.3, -0.25) is 4.79 Å². The van der Waals surface area contributed by atoms with Crippen LogP contribution in [0.5, 0.6) is 0 Å². The Hall–Kier alpha value is -2.58. The predicted molar refractivity (Wildman–Crippen MR) is 92.0 cm³/mol. The topological polar surface area (TPSA) is 30.2 Å². The van der Waals surface area contributed by atoms with Crippen molar-refractivity contribution in [2.24, 2.45) is 0 Å². The highest BCUT2D eigenvalue weighted by Crippen LogP contribution is 2.17. The Kier molecular flexibility index (Phi) is 4.22. The zero-order valence-electron chi connectivity index (χ0n) is 11.7. The summed E-state index contributed by atoms with van der Waals surface area (Å²) in [6.07, 6.45) is 8.86. The lowest BCUT2D eigenvalue weighted by Gasteiger charge is -1.98. The molecule has 108 valence electrons. The van der Waals surface area contributed by atoms with Crippen LogP contribution in [0.25, 0.3) is 23.1 Å². The maximum atomic E-state index is 12.4. The fourth-order valence-electron chi connectivity index (χ4n) is 2.12. The van der Waals surface area contributed by atoms with Crippen LogP contribution in [0.15, 0.2) is 76.2 Å². The third kappa shape index (κ3) is 3.18. The van der Waals surface area contributed by atoms with Crippen LogP contribution in [-0.4, -0.2) is 0 Å². The van der Waals surface area contributed by atoms with E-state index in [0.717, 1.165) is 5.56 Å². The van der Waals surface area contributed by atoms with E-state index in [4.69, 9.17) is 16.0 Å². The number of benzene rings is 2. The van der Waals surface area contributed by atoms with Crippen molar-refractivity contribution in [3.05, 3.63) is 93.3 Å². The molecule has 0 saturated carbocycles. The van der Waals surface area contributed by atoms with Crippen LogP contribution in [0.3, 0.4) is 0 Å². The van der Waals surface area contributed by atoms with Crippen LogP contribution in [0.2, 0.25) is 5.02 Å². The zero-order valence-corrected chi connectivity index (χ0v) is 12.5. The highest BCUT2D eigenvalue weighted by molar-refractivity contribution is 6.31. The largest absolute Gasteiger partial charge is 0.463 e. The van der Waals surface area contributed by atoms with Crippen molar-refractivity contribution in [3.63, 3.8) is 0 Å². The fraction of sp³-hybridized carbons (Fsp3) is 0. The van der Waals surface area contributed by atoms with Crippen molar-refractivity contribution < 1.29 is 4.42 Å². The molecule has 0 spiro atoms. The Labute approximate surface area is 133 Å². The molecule has 0 N–H and O–H groups in total. The fourth-order valence-corrected chi connectivity index (χ4v) is 2.30. The second-order valence-electron chi connectivity index (χ2n) is 4.79. The normalized spacial score (nSPS) is 11.7. The van der Waals surface area contributed by atoms with Crippen molar-refractivity contribution in [2.75, 3.05) is 0 Å². The summed E-state index contributed by atoms with van der Waals surface area (Å²) in [5, 5.41) is 1.01. The molecule has 3 heteroatoms. The van der Waals surface area contributed by atoms with Gasteiger partial charge >= 0.3 is 0 Å². The first kappa shape index (κ1) is 14.4. The molecule has 0 radical (unpaired) electrons. The molecule has 0 bridgehead atoms. The van der Waals surface area contributed by atoms with Gasteiger partial charge in [0.1, 0.15) is 11.8 Å². The van der Waals surface area contributed by atoms with Crippen LogP contribution in [0, 0.1) is 0 Å². The van der Waals surface area contributed by atoms with Gasteiger partial charge in [-0.15, -0.1) is 0 Å². The third-order valence-electron chi connectivity index (χ3n) is 3.24. The molecule has 0 aliphatic carbocycles. The molecule has 3 rings (SSSR count). The summed E-state index contributed by atoms with van der Waals surface area (Å²) >= 11 is 5.93. The van der Waals surface area contributed by atoms with Gasteiger partial charge in [0.15, 0.2) is 5.43 Å². The van der Waals surface area contributed by atoms with Gasteiger partial charge < -0.3 is 4.42 Å². The highest BCUT2D eigenvalue weighted by atomic mass is 35.5. The number of halogens is 1. The van der Waals surface area contributed by atoms with Gasteiger partial charge in [-0.1, -0.05) is 60.2 Å². The molecule has 1 heterocycles. The van der Waals surface area contributed by atoms with Crippen LogP contribution in [0.1, 0.15) is 11.1 Å². The summed E-state index contributed by atoms with van der Waals surface area (Å²) < 4.78 is 5.46. The molecule has 0 amide bonds. The summed E-state index contributed by atoms with van der Waals surface area (Å²) in [6.45, 7) is 0. The average molecular weight is 309 g/mol. The Balaban J connectivity index is 1.88. The van der Waals surface area contributed by atoms with Crippen molar-refractivity contribution in [2.45, 2.75) is 0 Å². The smallest absolute Gasteiger partial charge is 0.199 e. The Morgan fingerprint density at radius 3 is 2.55 bits per heavy atom. The number of hydrogen-bond donors (Lipinski definition) is 0. The van der Waals surface area contributed by atoms with Crippen molar-refractivity contribution in [1.29, 1.82) is 0 Å². The first-order valence-corrected chi connectivity index (χ1v) is 7.23. The molecule has 2 nitrogen and oxygen atoms in total. The van der Waals surface area contributed by atoms with E-state index in [0.29, 0.717) is 21.6 Å². The van der Waals surface area contributed by atoms with E-state index < -0.39 is 0 Å². The lowest BCUT2D eigenvalue weighted by Crippen LogP contribution is -2.04. The number of rotatable bonds is 3. The van der Waals surface area contributed by atoms with Crippen molar-refractivity contribution in [1.82, 2.24) is 0 Å². The van der Waals surface area contributed by atoms with Crippen molar-refractivity contribution in [3.8, 4) is 0 Å². The van der Waals surface area contributed by atoms with E-state index in [1.807, 2.05) is 48.6 Å². The zero-order chi connectivity index (χ0) is 15.4. The molecular formula is C19H13ClO2. The predicted octanol–water partition coefficient (Wildman–Crippen LogP) is 5.17. The number of hydrogen-bond acceptors (Lipinski definition) is 2. The van der Waals surface area contributed by atoms with Gasteiger partial charge in [0.05, 0.1) is 10.9 Å². The Morgan fingerprint density at radius 1 is 0.955 bits per heavy atom. The van der Waals surface area contributed by atoms with E-state index in [9.17, 15) is 4.79 Å². The van der Waals surface area contributed by atoms with E-state index in [1.54, 1.807) is 24.3 Å². The highest BCUT2D eigenvalue weighted by Gasteiger charge is 2.04. The second kappa shape index (κ2) is 6.46. The molecule has 3 aromatic rings. The van der Waals surface area contributed by atoms with Crippen LogP contribution in [0.4, 0.5) is 0 Å². The third-order valence-corrected chi connectivity index (χ3v) is 3.47. The maximum absolute atomic E-state index is 12.4. The van der Waals surface area contributed by atoms with Gasteiger partial charge in [0.2, 0.25) is 0 Å². The SMILES string of the molecule is O=c1c(/C=C/C=C/c2ccccc2)coc2ccc(Cl)cc12. The van der Waals surface area contributed by atoms with E-state index in [-0.39, 0.29) is 5.43 Å². The first-order chi connectivity index (χ1) is 10.7. The van der Waals surface area contributed by atoms with Gasteiger partial charge in [-0.25, -0.2) is 0 Å². The molecule has 0 unspecified atom stereocenters. The minimum atomic E-state index is -0.0897. The summed E-state index contributed by atoms with van der Waals surface area (Å²) in [6, 6.07) is 15.0. The molecule has 0 saturated heterocycles. The van der Waals surface area contributed by atoms with Crippen molar-refractivity contribution >= 4 is 34.7 Å². The van der Waals surface area contributed by atoms with E-state index >= 15 is 0 Å². The minimum Gasteiger partial charge on any atom is -0.463 e. The Bertz CT molecular complexity index is 906. The molecule has 2 aromatic carbocycles. The maximum Gasteiger partial charge on any atom is 0.199 e. The minimum absolute atomic E-state index is 0.0897. The van der Waals surface area contributed by atoms with E-state index in [2.05, 4.69) is 0 Å². The second-order valence-corrected chi connectivity index (χ2v) is 5.23. The van der Waals surface area contributed by atoms with Gasteiger partial charge in [-0.05, 0) is 29.8 Å². The lowest BCUT2D eigenvalue weighted by atomic mass is 10.1. The Morgan fingerprint density at radius 2 is 1.73 bits per heavy atom. The number of fused-ring (bicyclic) bond motifs is 1. The average Bonchev–Trinajstić information content (AvgIpc) is 2.55. The monoisotopic (exact) mass is 308 g/mol. The molecule has 0 aliphatic rings. The van der Waals surface area contributed by atoms with Gasteiger partial charge in [-0.2, -0.15) is 0 Å². The lowest BCUT2D eigenvalue weighted by molar-refractivity contribution is 0.601. The summed E-state index contributed by atoms with van der Waals surface area (Å²) in [5.74, 6) is 0. The van der Waals surface area contributed by atoms with E-state index in [1.165, 1.54) is 6.26 Å². The first-order valence-electron chi connectivity index (χ1n) is 6.85. The molecule has 1 aromatic heterocycles. The molecule has 0 atom stereocenters.